The minimum absolute atomic E-state index is 0.121. The molecule has 1 rings (SSSR count). The lowest BCUT2D eigenvalue weighted by molar-refractivity contribution is -0.325. The lowest BCUT2D eigenvalue weighted by Gasteiger charge is -2.11. The predicted molar refractivity (Wildman–Crippen MR) is 53.4 cm³/mol. The predicted octanol–water partition coefficient (Wildman–Crippen LogP) is 3.22. The second-order valence-electron chi connectivity index (χ2n) is 3.41. The summed E-state index contributed by atoms with van der Waals surface area (Å²) in [6.45, 7) is 3.10. The van der Waals surface area contributed by atoms with Crippen molar-refractivity contribution < 1.29 is 22.6 Å². The molecule has 0 aromatic heterocycles. The zero-order chi connectivity index (χ0) is 12.2. The molecule has 0 spiro atoms. The maximum atomic E-state index is 11.6. The van der Waals surface area contributed by atoms with Crippen molar-refractivity contribution in [1.29, 1.82) is 0 Å². The molecule has 5 heteroatoms. The Balaban J connectivity index is 2.40. The molecule has 0 heterocycles. The fourth-order valence-electron chi connectivity index (χ4n) is 1.17. The summed E-state index contributed by atoms with van der Waals surface area (Å²) in [5.74, 6) is 0.589. The largest absolute Gasteiger partial charge is 0.522 e. The average molecular weight is 234 g/mol. The molecule has 2 nitrogen and oxygen atoms in total. The van der Waals surface area contributed by atoms with Gasteiger partial charge in [-0.1, -0.05) is 12.1 Å². The van der Waals surface area contributed by atoms with E-state index in [-0.39, 0.29) is 6.61 Å². The van der Waals surface area contributed by atoms with Gasteiger partial charge in [0.2, 0.25) is 0 Å². The van der Waals surface area contributed by atoms with Crippen molar-refractivity contribution in [3.63, 3.8) is 0 Å². The van der Waals surface area contributed by atoms with Crippen LogP contribution in [0.2, 0.25) is 0 Å². The molecule has 0 aliphatic carbocycles. The van der Waals surface area contributed by atoms with E-state index >= 15 is 0 Å². The maximum absolute atomic E-state index is 11.6. The number of benzene rings is 1. The van der Waals surface area contributed by atoms with Crippen LogP contribution in [-0.2, 0) is 4.74 Å². The highest BCUT2D eigenvalue weighted by Crippen LogP contribution is 2.20. The molecular weight excluding hydrogens is 221 g/mol. The first-order valence-electron chi connectivity index (χ1n) is 4.79. The third kappa shape index (κ3) is 4.53. The van der Waals surface area contributed by atoms with Crippen molar-refractivity contribution in [2.75, 3.05) is 13.2 Å². The number of ether oxygens (including phenoxy) is 2. The minimum atomic E-state index is -4.59. The Hall–Kier alpha value is -1.23. The van der Waals surface area contributed by atoms with Gasteiger partial charge in [0.25, 0.3) is 0 Å². The normalized spacial score (nSPS) is 11.6. The van der Waals surface area contributed by atoms with E-state index in [9.17, 15) is 13.2 Å². The lowest BCUT2D eigenvalue weighted by Crippen LogP contribution is -2.18. The summed E-state index contributed by atoms with van der Waals surface area (Å²) in [6.07, 6.45) is -4.59. The van der Waals surface area contributed by atoms with E-state index in [0.29, 0.717) is 5.75 Å². The fraction of sp³-hybridized carbons (Fsp3) is 0.455. The summed E-state index contributed by atoms with van der Waals surface area (Å²) < 4.78 is 43.7. The second-order valence-corrected chi connectivity index (χ2v) is 3.41. The maximum Gasteiger partial charge on any atom is 0.522 e. The minimum Gasteiger partial charge on any atom is -0.491 e. The van der Waals surface area contributed by atoms with Crippen LogP contribution < -0.4 is 4.74 Å². The topological polar surface area (TPSA) is 18.5 Å². The quantitative estimate of drug-likeness (QED) is 0.745. The second kappa shape index (κ2) is 5.21. The van der Waals surface area contributed by atoms with Crippen LogP contribution in [0.1, 0.15) is 11.1 Å². The van der Waals surface area contributed by atoms with Crippen molar-refractivity contribution in [1.82, 2.24) is 0 Å². The van der Waals surface area contributed by atoms with Gasteiger partial charge in [0.15, 0.2) is 0 Å². The van der Waals surface area contributed by atoms with E-state index in [1.165, 1.54) is 0 Å². The number of hydrogen-bond donors (Lipinski definition) is 0. The van der Waals surface area contributed by atoms with E-state index in [1.807, 2.05) is 26.0 Å². The Morgan fingerprint density at radius 1 is 1.12 bits per heavy atom. The highest BCUT2D eigenvalue weighted by Gasteiger charge is 2.28. The zero-order valence-electron chi connectivity index (χ0n) is 9.10. The van der Waals surface area contributed by atoms with Crippen molar-refractivity contribution in [2.24, 2.45) is 0 Å². The number of alkyl halides is 3. The van der Waals surface area contributed by atoms with Gasteiger partial charge < -0.3 is 4.74 Å². The Labute approximate surface area is 92.0 Å². The zero-order valence-corrected chi connectivity index (χ0v) is 9.10. The summed E-state index contributed by atoms with van der Waals surface area (Å²) in [7, 11) is 0. The van der Waals surface area contributed by atoms with Gasteiger partial charge in [0.1, 0.15) is 12.4 Å². The third-order valence-electron chi connectivity index (χ3n) is 1.95. The van der Waals surface area contributed by atoms with Gasteiger partial charge in [-0.25, -0.2) is 0 Å². The first-order chi connectivity index (χ1) is 7.38. The summed E-state index contributed by atoms with van der Waals surface area (Å²) in [5.41, 5.74) is 1.88. The van der Waals surface area contributed by atoms with E-state index in [1.54, 1.807) is 6.07 Å². The molecule has 1 aromatic rings. The average Bonchev–Trinajstić information content (AvgIpc) is 2.16. The summed E-state index contributed by atoms with van der Waals surface area (Å²) in [6, 6.07) is 5.55. The van der Waals surface area contributed by atoms with Crippen molar-refractivity contribution in [2.45, 2.75) is 20.2 Å². The van der Waals surface area contributed by atoms with Crippen molar-refractivity contribution in [3.05, 3.63) is 29.3 Å². The first-order valence-corrected chi connectivity index (χ1v) is 4.79. The summed E-state index contributed by atoms with van der Waals surface area (Å²) in [4.78, 5) is 0. The number of rotatable bonds is 4. The number of hydrogen-bond acceptors (Lipinski definition) is 2. The van der Waals surface area contributed by atoms with Crippen LogP contribution in [0.4, 0.5) is 13.2 Å². The van der Waals surface area contributed by atoms with Gasteiger partial charge in [-0.2, -0.15) is 0 Å². The molecule has 0 unspecified atom stereocenters. The monoisotopic (exact) mass is 234 g/mol. The highest BCUT2D eigenvalue weighted by atomic mass is 19.4. The standard InChI is InChI=1S/C11H13F3O2/c1-8-3-4-9(2)10(7-8)15-5-6-16-11(12,13)14/h3-4,7H,5-6H2,1-2H3. The molecule has 0 saturated carbocycles. The Morgan fingerprint density at radius 3 is 2.44 bits per heavy atom. The molecule has 16 heavy (non-hydrogen) atoms. The van der Waals surface area contributed by atoms with Crippen molar-refractivity contribution in [3.8, 4) is 5.75 Å². The molecule has 0 fully saturated rings. The van der Waals surface area contributed by atoms with E-state index < -0.39 is 13.0 Å². The Kier molecular flexibility index (Phi) is 4.18. The lowest BCUT2D eigenvalue weighted by atomic mass is 10.1. The molecule has 0 aliphatic heterocycles. The molecule has 0 atom stereocenters. The van der Waals surface area contributed by atoms with Gasteiger partial charge in [-0.3, -0.25) is 4.74 Å². The summed E-state index contributed by atoms with van der Waals surface area (Å²) in [5, 5.41) is 0. The third-order valence-corrected chi connectivity index (χ3v) is 1.95. The molecule has 0 N–H and O–H groups in total. The van der Waals surface area contributed by atoms with Gasteiger partial charge in [0, 0.05) is 0 Å². The van der Waals surface area contributed by atoms with Gasteiger partial charge in [-0.05, 0) is 31.0 Å². The SMILES string of the molecule is Cc1ccc(C)c(OCCOC(F)(F)F)c1. The fourth-order valence-corrected chi connectivity index (χ4v) is 1.17. The molecule has 1 aromatic carbocycles. The van der Waals surface area contributed by atoms with Crippen LogP contribution in [0.5, 0.6) is 5.75 Å². The molecule has 0 saturated heterocycles. The van der Waals surface area contributed by atoms with E-state index in [0.717, 1.165) is 11.1 Å². The molecule has 0 bridgehead atoms. The van der Waals surface area contributed by atoms with Crippen LogP contribution in [0, 0.1) is 13.8 Å². The Bertz CT molecular complexity index is 348. The number of halogens is 3. The van der Waals surface area contributed by atoms with Crippen LogP contribution in [0.15, 0.2) is 18.2 Å². The molecule has 0 aliphatic rings. The van der Waals surface area contributed by atoms with E-state index in [4.69, 9.17) is 4.74 Å². The molecule has 0 amide bonds. The smallest absolute Gasteiger partial charge is 0.491 e. The highest BCUT2D eigenvalue weighted by molar-refractivity contribution is 5.35. The van der Waals surface area contributed by atoms with Gasteiger partial charge >= 0.3 is 6.36 Å². The van der Waals surface area contributed by atoms with Gasteiger partial charge in [0.05, 0.1) is 6.61 Å². The number of aryl methyl sites for hydroxylation is 2. The van der Waals surface area contributed by atoms with Crippen LogP contribution in [0.25, 0.3) is 0 Å². The first kappa shape index (κ1) is 12.8. The van der Waals surface area contributed by atoms with E-state index in [2.05, 4.69) is 4.74 Å². The molecule has 90 valence electrons. The van der Waals surface area contributed by atoms with Crippen LogP contribution in [-0.4, -0.2) is 19.6 Å². The van der Waals surface area contributed by atoms with Gasteiger partial charge in [-0.15, -0.1) is 13.2 Å². The Morgan fingerprint density at radius 2 is 1.81 bits per heavy atom. The van der Waals surface area contributed by atoms with Crippen LogP contribution in [0.3, 0.4) is 0 Å². The summed E-state index contributed by atoms with van der Waals surface area (Å²) >= 11 is 0. The van der Waals surface area contributed by atoms with Crippen molar-refractivity contribution >= 4 is 0 Å². The molecular formula is C11H13F3O2. The molecule has 0 radical (unpaired) electrons. The van der Waals surface area contributed by atoms with Crippen LogP contribution >= 0.6 is 0 Å².